The van der Waals surface area contributed by atoms with Gasteiger partial charge in [-0.3, -0.25) is 0 Å². The molecule has 1 heterocycles. The van der Waals surface area contributed by atoms with E-state index >= 15 is 0 Å². The van der Waals surface area contributed by atoms with Gasteiger partial charge in [0.25, 0.3) is 0 Å². The van der Waals surface area contributed by atoms with Gasteiger partial charge in [0.05, 0.1) is 6.10 Å². The molecule has 1 N–H and O–H groups in total. The van der Waals surface area contributed by atoms with E-state index in [4.69, 9.17) is 0 Å². The fourth-order valence-corrected chi connectivity index (χ4v) is 8.57. The third-order valence-electron chi connectivity index (χ3n) is 5.63. The molecule has 1 saturated carbocycles. The van der Waals surface area contributed by atoms with E-state index in [9.17, 15) is 5.11 Å². The van der Waals surface area contributed by atoms with Crippen LogP contribution in [0.4, 0.5) is 0 Å². The molecule has 4 rings (SSSR count). The first-order chi connectivity index (χ1) is 13.2. The molecular formula is C24H27OPS. The lowest BCUT2D eigenvalue weighted by Gasteiger charge is -2.31. The van der Waals surface area contributed by atoms with Crippen molar-refractivity contribution >= 4 is 35.2 Å². The van der Waals surface area contributed by atoms with Gasteiger partial charge in [0.15, 0.2) is 0 Å². The van der Waals surface area contributed by atoms with Crippen LogP contribution < -0.4 is 15.9 Å². The molecule has 140 valence electrons. The molecular weight excluding hydrogens is 367 g/mol. The Bertz CT molecular complexity index is 848. The highest BCUT2D eigenvalue weighted by Gasteiger charge is 2.33. The number of rotatable bonds is 4. The third-order valence-corrected chi connectivity index (χ3v) is 9.47. The van der Waals surface area contributed by atoms with Crippen LogP contribution in [0.5, 0.6) is 0 Å². The summed E-state index contributed by atoms with van der Waals surface area (Å²) in [5, 5.41) is 15.1. The van der Waals surface area contributed by atoms with Gasteiger partial charge in [0.1, 0.15) is 0 Å². The summed E-state index contributed by atoms with van der Waals surface area (Å²) in [5.74, 6) is 0.288. The predicted molar refractivity (Wildman–Crippen MR) is 120 cm³/mol. The summed E-state index contributed by atoms with van der Waals surface area (Å²) in [6, 6.07) is 21.9. The maximum absolute atomic E-state index is 10.8. The van der Waals surface area contributed by atoms with E-state index in [1.807, 2.05) is 11.3 Å². The average molecular weight is 395 g/mol. The van der Waals surface area contributed by atoms with Crippen LogP contribution in [0, 0.1) is 13.8 Å². The highest BCUT2D eigenvalue weighted by Crippen LogP contribution is 2.44. The Labute approximate surface area is 167 Å². The number of thiophene rings is 1. The molecule has 1 fully saturated rings. The minimum Gasteiger partial charge on any atom is -0.392 e. The van der Waals surface area contributed by atoms with Gasteiger partial charge in [-0.05, 0) is 50.8 Å². The molecule has 0 aliphatic heterocycles. The van der Waals surface area contributed by atoms with Gasteiger partial charge in [-0.1, -0.05) is 73.5 Å². The molecule has 0 unspecified atom stereocenters. The van der Waals surface area contributed by atoms with Gasteiger partial charge in [0.2, 0.25) is 0 Å². The number of aliphatic hydroxyl groups is 1. The van der Waals surface area contributed by atoms with Gasteiger partial charge >= 0.3 is 0 Å². The fourth-order valence-electron chi connectivity index (χ4n) is 4.41. The molecule has 0 amide bonds. The van der Waals surface area contributed by atoms with E-state index in [2.05, 4.69) is 74.5 Å². The van der Waals surface area contributed by atoms with Gasteiger partial charge in [-0.25, -0.2) is 0 Å². The normalized spacial score (nSPS) is 20.1. The Morgan fingerprint density at radius 2 is 1.37 bits per heavy atom. The number of hydrogen-bond donors (Lipinski definition) is 1. The summed E-state index contributed by atoms with van der Waals surface area (Å²) in [4.78, 5) is 2.81. The monoisotopic (exact) mass is 394 g/mol. The van der Waals surface area contributed by atoms with Crippen LogP contribution in [0.15, 0.2) is 60.7 Å². The SMILES string of the molecule is Cc1sc(C)c(P(c2ccccc2)c2ccccc2)c1[C@H]1CCCC[C@@H]1O. The molecule has 1 aliphatic rings. The Morgan fingerprint density at radius 1 is 0.815 bits per heavy atom. The number of aliphatic hydroxyl groups excluding tert-OH is 1. The minimum absolute atomic E-state index is 0.200. The molecule has 3 aromatic rings. The van der Waals surface area contributed by atoms with Gasteiger partial charge in [-0.15, -0.1) is 11.3 Å². The standard InChI is InChI=1S/C24H27OPS/c1-17-23(21-15-9-10-16-22(21)25)24(18(2)27-17)26(19-11-5-3-6-12-19)20-13-7-4-8-14-20/h3-8,11-14,21-22,25H,9-10,15-16H2,1-2H3/t21-,22-/m0/s1. The molecule has 0 saturated heterocycles. The first kappa shape index (κ1) is 18.9. The Hall–Kier alpha value is -1.47. The van der Waals surface area contributed by atoms with E-state index in [-0.39, 0.29) is 12.0 Å². The van der Waals surface area contributed by atoms with Gasteiger partial charge in [-0.2, -0.15) is 0 Å². The van der Waals surface area contributed by atoms with Crippen LogP contribution in [-0.2, 0) is 0 Å². The van der Waals surface area contributed by atoms with E-state index < -0.39 is 7.92 Å². The smallest absolute Gasteiger partial charge is 0.0609 e. The van der Waals surface area contributed by atoms with Crippen molar-refractivity contribution in [1.82, 2.24) is 0 Å². The molecule has 3 heteroatoms. The van der Waals surface area contributed by atoms with E-state index in [0.29, 0.717) is 0 Å². The van der Waals surface area contributed by atoms with Crippen LogP contribution in [0.2, 0.25) is 0 Å². The zero-order valence-electron chi connectivity index (χ0n) is 16.1. The highest BCUT2D eigenvalue weighted by molar-refractivity contribution is 7.80. The lowest BCUT2D eigenvalue weighted by molar-refractivity contribution is 0.106. The molecule has 0 radical (unpaired) electrons. The second-order valence-corrected chi connectivity index (χ2v) is 11.0. The summed E-state index contributed by atoms with van der Waals surface area (Å²) < 4.78 is 0. The summed E-state index contributed by atoms with van der Waals surface area (Å²) in [6.07, 6.45) is 4.23. The van der Waals surface area contributed by atoms with Crippen LogP contribution in [0.25, 0.3) is 0 Å². The first-order valence-electron chi connectivity index (χ1n) is 9.85. The minimum atomic E-state index is -0.611. The van der Waals surface area contributed by atoms with Crippen molar-refractivity contribution in [2.75, 3.05) is 0 Å². The number of hydrogen-bond acceptors (Lipinski definition) is 2. The summed E-state index contributed by atoms with van der Waals surface area (Å²) in [5.41, 5.74) is 1.45. The lowest BCUT2D eigenvalue weighted by atomic mass is 9.82. The van der Waals surface area contributed by atoms with Crippen molar-refractivity contribution in [3.8, 4) is 0 Å². The molecule has 2 atom stereocenters. The third kappa shape index (κ3) is 3.76. The van der Waals surface area contributed by atoms with Gasteiger partial charge < -0.3 is 5.11 Å². The molecule has 27 heavy (non-hydrogen) atoms. The van der Waals surface area contributed by atoms with Crippen molar-refractivity contribution in [2.45, 2.75) is 51.6 Å². The van der Waals surface area contributed by atoms with Crippen LogP contribution in [-0.4, -0.2) is 11.2 Å². The van der Waals surface area contributed by atoms with Crippen molar-refractivity contribution in [3.63, 3.8) is 0 Å². The molecule has 2 aromatic carbocycles. The first-order valence-corrected chi connectivity index (χ1v) is 12.0. The summed E-state index contributed by atoms with van der Waals surface area (Å²) in [7, 11) is -0.611. The highest BCUT2D eigenvalue weighted by atomic mass is 32.1. The van der Waals surface area contributed by atoms with Crippen LogP contribution >= 0.6 is 19.3 Å². The Balaban J connectivity index is 1.91. The van der Waals surface area contributed by atoms with Crippen LogP contribution in [0.1, 0.15) is 46.9 Å². The zero-order valence-corrected chi connectivity index (χ0v) is 17.8. The Morgan fingerprint density at radius 3 is 1.93 bits per heavy atom. The number of aryl methyl sites for hydroxylation is 2. The molecule has 1 aliphatic carbocycles. The summed E-state index contributed by atoms with van der Waals surface area (Å²) in [6.45, 7) is 4.52. The predicted octanol–water partition coefficient (Wildman–Crippen LogP) is 5.14. The summed E-state index contributed by atoms with van der Waals surface area (Å²) >= 11 is 1.91. The quantitative estimate of drug-likeness (QED) is 0.608. The molecule has 0 spiro atoms. The maximum atomic E-state index is 10.8. The van der Waals surface area contributed by atoms with Crippen molar-refractivity contribution in [2.24, 2.45) is 0 Å². The van der Waals surface area contributed by atoms with E-state index in [1.165, 1.54) is 37.7 Å². The van der Waals surface area contributed by atoms with Crippen LogP contribution in [0.3, 0.4) is 0 Å². The zero-order chi connectivity index (χ0) is 18.8. The average Bonchev–Trinajstić information content (AvgIpc) is 2.98. The van der Waals surface area contributed by atoms with Crippen molar-refractivity contribution < 1.29 is 5.11 Å². The second-order valence-electron chi connectivity index (χ2n) is 7.44. The number of benzene rings is 2. The van der Waals surface area contributed by atoms with Gasteiger partial charge in [0, 0.05) is 21.0 Å². The lowest BCUT2D eigenvalue weighted by Crippen LogP contribution is -2.30. The second kappa shape index (κ2) is 8.27. The van der Waals surface area contributed by atoms with Crippen molar-refractivity contribution in [1.29, 1.82) is 0 Å². The molecule has 1 aromatic heterocycles. The topological polar surface area (TPSA) is 20.2 Å². The van der Waals surface area contributed by atoms with E-state index in [1.54, 1.807) is 0 Å². The Kier molecular flexibility index (Phi) is 5.78. The maximum Gasteiger partial charge on any atom is 0.0609 e. The molecule has 0 bridgehead atoms. The fraction of sp³-hybridized carbons (Fsp3) is 0.333. The largest absolute Gasteiger partial charge is 0.392 e. The van der Waals surface area contributed by atoms with Crippen molar-refractivity contribution in [3.05, 3.63) is 76.0 Å². The van der Waals surface area contributed by atoms with E-state index in [0.717, 1.165) is 19.3 Å². The molecule has 1 nitrogen and oxygen atoms in total.